The lowest BCUT2D eigenvalue weighted by Crippen LogP contribution is -2.19. The summed E-state index contributed by atoms with van der Waals surface area (Å²) in [6, 6.07) is 0. The van der Waals surface area contributed by atoms with Crippen LogP contribution in [0.2, 0.25) is 0 Å². The van der Waals surface area contributed by atoms with E-state index >= 15 is 0 Å². The third-order valence-corrected chi connectivity index (χ3v) is 0.969. The number of hydrogen-bond acceptors (Lipinski definition) is 3. The summed E-state index contributed by atoms with van der Waals surface area (Å²) in [5.41, 5.74) is 0. The van der Waals surface area contributed by atoms with Crippen molar-refractivity contribution in [3.8, 4) is 0 Å². The highest BCUT2D eigenvalue weighted by Gasteiger charge is 2.03. The van der Waals surface area contributed by atoms with Crippen LogP contribution in [0.25, 0.3) is 0 Å². The average Bonchev–Trinajstić information content (AvgIpc) is 1.98. The Morgan fingerprint density at radius 3 is 2.70 bits per heavy atom. The lowest BCUT2D eigenvalue weighted by atomic mass is 10.7. The first-order chi connectivity index (χ1) is 4.85. The molecule has 0 aromatic heterocycles. The van der Waals surface area contributed by atoms with Crippen LogP contribution < -0.4 is 0 Å². The van der Waals surface area contributed by atoms with E-state index in [-0.39, 0.29) is 6.29 Å². The molecular formula is C7H14O3. The van der Waals surface area contributed by atoms with E-state index in [9.17, 15) is 0 Å². The van der Waals surface area contributed by atoms with Crippen molar-refractivity contribution in [1.29, 1.82) is 0 Å². The number of methoxy groups -OCH3 is 1. The van der Waals surface area contributed by atoms with Crippen LogP contribution in [-0.4, -0.2) is 26.6 Å². The lowest BCUT2D eigenvalue weighted by molar-refractivity contribution is -0.123. The van der Waals surface area contributed by atoms with Gasteiger partial charge in [-0.3, -0.25) is 0 Å². The van der Waals surface area contributed by atoms with Gasteiger partial charge < -0.3 is 14.2 Å². The van der Waals surface area contributed by atoms with Gasteiger partial charge >= 0.3 is 0 Å². The normalized spacial score (nSPS) is 12.6. The first kappa shape index (κ1) is 9.46. The summed E-state index contributed by atoms with van der Waals surface area (Å²) in [7, 11) is 1.56. The molecule has 0 aliphatic heterocycles. The first-order valence-electron chi connectivity index (χ1n) is 3.22. The van der Waals surface area contributed by atoms with E-state index < -0.39 is 0 Å². The fourth-order valence-corrected chi connectivity index (χ4v) is 0.484. The van der Waals surface area contributed by atoms with Crippen LogP contribution in [0.5, 0.6) is 0 Å². The summed E-state index contributed by atoms with van der Waals surface area (Å²) in [6.07, 6.45) is 1.02. The molecule has 0 aromatic carbocycles. The average molecular weight is 146 g/mol. The lowest BCUT2D eigenvalue weighted by Gasteiger charge is -2.13. The maximum atomic E-state index is 5.04. The van der Waals surface area contributed by atoms with Crippen LogP contribution in [0.3, 0.4) is 0 Å². The molecule has 0 saturated carbocycles. The van der Waals surface area contributed by atoms with Crippen LogP contribution >= 0.6 is 0 Å². The van der Waals surface area contributed by atoms with Crippen LogP contribution in [-0.2, 0) is 14.2 Å². The number of hydrogen-bond donors (Lipinski definition) is 0. The Balaban J connectivity index is 3.29. The molecule has 0 bridgehead atoms. The van der Waals surface area contributed by atoms with Gasteiger partial charge in [0.1, 0.15) is 6.61 Å². The number of ether oxygens (including phenoxy) is 3. The molecule has 0 saturated heterocycles. The molecule has 0 rings (SSSR count). The predicted octanol–water partition coefficient (Wildman–Crippen LogP) is 1.16. The van der Waals surface area contributed by atoms with Gasteiger partial charge in [-0.1, -0.05) is 6.58 Å². The summed E-state index contributed by atoms with van der Waals surface area (Å²) >= 11 is 0. The molecule has 0 aromatic rings. The molecule has 3 nitrogen and oxygen atoms in total. The van der Waals surface area contributed by atoms with Crippen molar-refractivity contribution < 1.29 is 14.2 Å². The smallest absolute Gasteiger partial charge is 0.222 e. The van der Waals surface area contributed by atoms with Crippen molar-refractivity contribution in [2.24, 2.45) is 0 Å². The highest BCUT2D eigenvalue weighted by Crippen LogP contribution is 1.93. The minimum absolute atomic E-state index is 0.322. The van der Waals surface area contributed by atoms with Gasteiger partial charge in [0.15, 0.2) is 0 Å². The second-order valence-corrected chi connectivity index (χ2v) is 1.63. The highest BCUT2D eigenvalue weighted by atomic mass is 16.7. The topological polar surface area (TPSA) is 27.7 Å². The quantitative estimate of drug-likeness (QED) is 0.415. The van der Waals surface area contributed by atoms with Gasteiger partial charge in [-0.15, -0.1) is 0 Å². The molecule has 10 heavy (non-hydrogen) atoms. The van der Waals surface area contributed by atoms with E-state index in [1.54, 1.807) is 7.11 Å². The fourth-order valence-electron chi connectivity index (χ4n) is 0.484. The third kappa shape index (κ3) is 4.35. The van der Waals surface area contributed by atoms with E-state index in [1.807, 2.05) is 6.92 Å². The maximum Gasteiger partial charge on any atom is 0.222 e. The molecule has 1 atom stereocenters. The summed E-state index contributed by atoms with van der Waals surface area (Å²) in [6.45, 7) is 6.43. The van der Waals surface area contributed by atoms with Crippen molar-refractivity contribution >= 4 is 0 Å². The van der Waals surface area contributed by atoms with E-state index in [2.05, 4.69) is 6.58 Å². The Bertz CT molecular complexity index is 82.9. The van der Waals surface area contributed by atoms with Gasteiger partial charge in [0, 0.05) is 13.7 Å². The first-order valence-corrected chi connectivity index (χ1v) is 3.22. The van der Waals surface area contributed by atoms with E-state index in [4.69, 9.17) is 14.2 Å². The zero-order valence-corrected chi connectivity index (χ0v) is 6.50. The number of rotatable bonds is 6. The Hall–Kier alpha value is -0.540. The Labute approximate surface area is 61.6 Å². The van der Waals surface area contributed by atoms with Crippen molar-refractivity contribution in [3.63, 3.8) is 0 Å². The van der Waals surface area contributed by atoms with Gasteiger partial charge in [-0.2, -0.15) is 0 Å². The molecule has 0 amide bonds. The largest absolute Gasteiger partial charge is 0.471 e. The fraction of sp³-hybridized carbons (Fsp3) is 0.714. The van der Waals surface area contributed by atoms with Crippen LogP contribution in [0.4, 0.5) is 0 Å². The van der Waals surface area contributed by atoms with E-state index in [0.717, 1.165) is 0 Å². The molecule has 1 unspecified atom stereocenters. The van der Waals surface area contributed by atoms with Crippen LogP contribution in [0.1, 0.15) is 6.92 Å². The van der Waals surface area contributed by atoms with Crippen LogP contribution in [0, 0.1) is 0 Å². The van der Waals surface area contributed by atoms with Gasteiger partial charge in [0.25, 0.3) is 0 Å². The Kier molecular flexibility index (Phi) is 6.22. The van der Waals surface area contributed by atoms with Crippen LogP contribution in [0.15, 0.2) is 12.8 Å². The molecule has 0 heterocycles. The Morgan fingerprint density at radius 2 is 2.30 bits per heavy atom. The molecule has 3 heteroatoms. The highest BCUT2D eigenvalue weighted by molar-refractivity contribution is 4.52. The van der Waals surface area contributed by atoms with E-state index in [0.29, 0.717) is 13.2 Å². The zero-order chi connectivity index (χ0) is 7.82. The zero-order valence-electron chi connectivity index (χ0n) is 6.50. The molecule has 60 valence electrons. The van der Waals surface area contributed by atoms with Gasteiger partial charge in [-0.25, -0.2) is 0 Å². The van der Waals surface area contributed by atoms with Gasteiger partial charge in [0.2, 0.25) is 6.29 Å². The molecule has 0 N–H and O–H groups in total. The van der Waals surface area contributed by atoms with Crippen molar-refractivity contribution in [3.05, 3.63) is 12.8 Å². The summed E-state index contributed by atoms with van der Waals surface area (Å²) in [5.74, 6) is 0. The second kappa shape index (κ2) is 6.58. The van der Waals surface area contributed by atoms with Crippen molar-refractivity contribution in [2.45, 2.75) is 13.2 Å². The summed E-state index contributed by atoms with van der Waals surface area (Å²) in [4.78, 5) is 0. The SMILES string of the molecule is C=COC(COCC)OC. The van der Waals surface area contributed by atoms with Crippen molar-refractivity contribution in [2.75, 3.05) is 20.3 Å². The minimum atomic E-state index is -0.322. The van der Waals surface area contributed by atoms with Gasteiger partial charge in [-0.05, 0) is 6.92 Å². The maximum absolute atomic E-state index is 5.04. The molecule has 0 aliphatic carbocycles. The molecular weight excluding hydrogens is 132 g/mol. The summed E-state index contributed by atoms with van der Waals surface area (Å²) < 4.78 is 14.8. The predicted molar refractivity (Wildman–Crippen MR) is 38.6 cm³/mol. The molecule has 0 spiro atoms. The molecule has 0 radical (unpaired) electrons. The van der Waals surface area contributed by atoms with Gasteiger partial charge in [0.05, 0.1) is 6.26 Å². The third-order valence-electron chi connectivity index (χ3n) is 0.969. The van der Waals surface area contributed by atoms with E-state index in [1.165, 1.54) is 6.26 Å². The second-order valence-electron chi connectivity index (χ2n) is 1.63. The van der Waals surface area contributed by atoms with Crippen molar-refractivity contribution in [1.82, 2.24) is 0 Å². The monoisotopic (exact) mass is 146 g/mol. The minimum Gasteiger partial charge on any atom is -0.471 e. The Morgan fingerprint density at radius 1 is 1.60 bits per heavy atom. The molecule has 0 fully saturated rings. The standard InChI is InChI=1S/C7H14O3/c1-4-9-6-7(8-3)10-5-2/h5,7H,2,4,6H2,1,3H3. The summed E-state index contributed by atoms with van der Waals surface area (Å²) in [5, 5.41) is 0. The molecule has 0 aliphatic rings.